The summed E-state index contributed by atoms with van der Waals surface area (Å²) in [6.45, 7) is 0.581. The Hall–Kier alpha value is 0.160. The Bertz CT molecular complexity index is 475. The summed E-state index contributed by atoms with van der Waals surface area (Å²) in [7, 11) is 0. The number of thiophene rings is 1. The van der Waals surface area contributed by atoms with Gasteiger partial charge >= 0.3 is 0 Å². The smallest absolute Gasteiger partial charge is 0.148 e. The molecule has 0 aliphatic rings. The van der Waals surface area contributed by atoms with Crippen LogP contribution >= 0.6 is 59.1 Å². The zero-order valence-corrected chi connectivity index (χ0v) is 13.6. The number of rotatable bonds is 3. The molecule has 0 N–H and O–H groups in total. The summed E-state index contributed by atoms with van der Waals surface area (Å²) in [5.74, 6) is 0.840. The summed E-state index contributed by atoms with van der Waals surface area (Å²) in [6, 6.07) is 7.95. The minimum absolute atomic E-state index is 0.581. The molecule has 0 saturated carbocycles. The van der Waals surface area contributed by atoms with Gasteiger partial charge in [0.1, 0.15) is 12.4 Å². The van der Waals surface area contributed by atoms with Gasteiger partial charge in [-0.2, -0.15) is 0 Å². The third-order valence-corrected chi connectivity index (χ3v) is 4.82. The summed E-state index contributed by atoms with van der Waals surface area (Å²) < 4.78 is 8.77. The van der Waals surface area contributed by atoms with Gasteiger partial charge in [-0.3, -0.25) is 0 Å². The number of halogens is 3. The van der Waals surface area contributed by atoms with Crippen molar-refractivity contribution in [2.45, 2.75) is 6.61 Å². The van der Waals surface area contributed by atoms with Gasteiger partial charge in [-0.1, -0.05) is 6.07 Å². The van der Waals surface area contributed by atoms with Gasteiger partial charge in [0.25, 0.3) is 0 Å². The number of hydrogen-bond acceptors (Lipinski definition) is 2. The van der Waals surface area contributed by atoms with E-state index in [-0.39, 0.29) is 0 Å². The quantitative estimate of drug-likeness (QED) is 0.619. The highest BCUT2D eigenvalue weighted by atomic mass is 79.9. The molecule has 0 aliphatic heterocycles. The third-order valence-electron chi connectivity index (χ3n) is 1.90. The van der Waals surface area contributed by atoms with Crippen LogP contribution in [-0.2, 0) is 6.61 Å². The largest absolute Gasteiger partial charge is 0.486 e. The molecule has 0 amide bonds. The zero-order chi connectivity index (χ0) is 11.5. The van der Waals surface area contributed by atoms with Gasteiger partial charge in [-0.25, -0.2) is 0 Å². The van der Waals surface area contributed by atoms with Crippen molar-refractivity contribution in [1.29, 1.82) is 0 Å². The lowest BCUT2D eigenvalue weighted by Gasteiger charge is -2.08. The standard InChI is InChI=1S/C11H7Br3OS/c12-7-4-8(16-6-7)5-15-11-9(13)2-1-3-10(11)14/h1-4,6H,5H2. The second-order valence-electron chi connectivity index (χ2n) is 3.07. The van der Waals surface area contributed by atoms with Crippen LogP contribution in [0.2, 0.25) is 0 Å². The van der Waals surface area contributed by atoms with Crippen LogP contribution in [0.15, 0.2) is 43.1 Å². The summed E-state index contributed by atoms with van der Waals surface area (Å²) in [6.07, 6.45) is 0. The molecule has 1 aromatic carbocycles. The first-order valence-corrected chi connectivity index (χ1v) is 7.72. The lowest BCUT2D eigenvalue weighted by atomic mass is 10.3. The Balaban J connectivity index is 2.10. The maximum atomic E-state index is 5.76. The average molecular weight is 427 g/mol. The monoisotopic (exact) mass is 424 g/mol. The summed E-state index contributed by atoms with van der Waals surface area (Å²) in [5.41, 5.74) is 0. The van der Waals surface area contributed by atoms with E-state index in [4.69, 9.17) is 4.74 Å². The molecule has 2 aromatic rings. The van der Waals surface area contributed by atoms with Gasteiger partial charge < -0.3 is 4.74 Å². The van der Waals surface area contributed by atoms with E-state index < -0.39 is 0 Å². The number of para-hydroxylation sites is 1. The Kier molecular flexibility index (Phi) is 4.47. The molecular weight excluding hydrogens is 420 g/mol. The maximum Gasteiger partial charge on any atom is 0.148 e. The fourth-order valence-electron chi connectivity index (χ4n) is 1.19. The van der Waals surface area contributed by atoms with Crippen LogP contribution in [0.4, 0.5) is 0 Å². The van der Waals surface area contributed by atoms with Crippen molar-refractivity contribution in [3.05, 3.63) is 47.9 Å². The molecule has 2 rings (SSSR count). The van der Waals surface area contributed by atoms with E-state index in [1.54, 1.807) is 11.3 Å². The Morgan fingerprint density at radius 2 is 1.81 bits per heavy atom. The molecule has 5 heteroatoms. The molecule has 0 saturated heterocycles. The van der Waals surface area contributed by atoms with E-state index in [1.165, 1.54) is 4.88 Å². The average Bonchev–Trinajstić information content (AvgIpc) is 2.63. The molecule has 0 fully saturated rings. The normalized spacial score (nSPS) is 10.4. The first kappa shape index (κ1) is 12.6. The number of hydrogen-bond donors (Lipinski definition) is 0. The molecule has 0 radical (unpaired) electrons. The highest BCUT2D eigenvalue weighted by molar-refractivity contribution is 9.11. The van der Waals surface area contributed by atoms with Crippen LogP contribution in [0.3, 0.4) is 0 Å². The summed E-state index contributed by atoms with van der Waals surface area (Å²) >= 11 is 12.0. The first-order valence-electron chi connectivity index (χ1n) is 4.46. The van der Waals surface area contributed by atoms with E-state index in [2.05, 4.69) is 53.9 Å². The van der Waals surface area contributed by atoms with E-state index >= 15 is 0 Å². The third kappa shape index (κ3) is 3.09. The van der Waals surface area contributed by atoms with Crippen LogP contribution in [0.25, 0.3) is 0 Å². The van der Waals surface area contributed by atoms with Crippen molar-refractivity contribution in [2.75, 3.05) is 0 Å². The molecule has 0 aliphatic carbocycles. The molecule has 0 atom stereocenters. The highest BCUT2D eigenvalue weighted by Crippen LogP contribution is 2.34. The summed E-state index contributed by atoms with van der Waals surface area (Å²) in [4.78, 5) is 1.19. The lowest BCUT2D eigenvalue weighted by Crippen LogP contribution is -1.94. The summed E-state index contributed by atoms with van der Waals surface area (Å²) in [5, 5.41) is 2.05. The fraction of sp³-hybridized carbons (Fsp3) is 0.0909. The van der Waals surface area contributed by atoms with Gasteiger partial charge in [-0.15, -0.1) is 11.3 Å². The van der Waals surface area contributed by atoms with Crippen molar-refractivity contribution in [3.8, 4) is 5.75 Å². The van der Waals surface area contributed by atoms with E-state index in [0.29, 0.717) is 6.61 Å². The van der Waals surface area contributed by atoms with Crippen LogP contribution < -0.4 is 4.74 Å². The van der Waals surface area contributed by atoms with Gasteiger partial charge in [-0.05, 0) is 66.0 Å². The zero-order valence-electron chi connectivity index (χ0n) is 8.04. The Morgan fingerprint density at radius 1 is 1.12 bits per heavy atom. The molecule has 1 heterocycles. The fourth-order valence-corrected chi connectivity index (χ4v) is 3.78. The Morgan fingerprint density at radius 3 is 2.38 bits per heavy atom. The molecule has 84 valence electrons. The topological polar surface area (TPSA) is 9.23 Å². The van der Waals surface area contributed by atoms with Crippen molar-refractivity contribution in [3.63, 3.8) is 0 Å². The van der Waals surface area contributed by atoms with Crippen molar-refractivity contribution in [2.24, 2.45) is 0 Å². The Labute approximate surface area is 123 Å². The van der Waals surface area contributed by atoms with Crippen molar-refractivity contribution in [1.82, 2.24) is 0 Å². The van der Waals surface area contributed by atoms with E-state index in [0.717, 1.165) is 19.2 Å². The van der Waals surface area contributed by atoms with Crippen LogP contribution in [-0.4, -0.2) is 0 Å². The van der Waals surface area contributed by atoms with Crippen molar-refractivity contribution >= 4 is 59.1 Å². The van der Waals surface area contributed by atoms with Gasteiger partial charge in [0.15, 0.2) is 0 Å². The highest BCUT2D eigenvalue weighted by Gasteiger charge is 2.06. The number of benzene rings is 1. The second-order valence-corrected chi connectivity index (χ2v) is 6.69. The van der Waals surface area contributed by atoms with Crippen LogP contribution in [0.1, 0.15) is 4.88 Å². The molecule has 0 spiro atoms. The van der Waals surface area contributed by atoms with E-state index in [1.807, 2.05) is 23.6 Å². The number of ether oxygens (including phenoxy) is 1. The van der Waals surface area contributed by atoms with Crippen molar-refractivity contribution < 1.29 is 4.74 Å². The predicted molar refractivity (Wildman–Crippen MR) is 78.2 cm³/mol. The second kappa shape index (κ2) is 5.67. The van der Waals surface area contributed by atoms with Gasteiger partial charge in [0.2, 0.25) is 0 Å². The maximum absolute atomic E-state index is 5.76. The molecule has 0 unspecified atom stereocenters. The van der Waals surface area contributed by atoms with E-state index in [9.17, 15) is 0 Å². The van der Waals surface area contributed by atoms with Gasteiger partial charge in [0.05, 0.1) is 8.95 Å². The minimum atomic E-state index is 0.581. The molecule has 16 heavy (non-hydrogen) atoms. The predicted octanol–water partition coefficient (Wildman–Crippen LogP) is 5.61. The lowest BCUT2D eigenvalue weighted by molar-refractivity contribution is 0.306. The molecule has 1 aromatic heterocycles. The first-order chi connectivity index (χ1) is 7.66. The molecular formula is C11H7Br3OS. The van der Waals surface area contributed by atoms with Crippen LogP contribution in [0.5, 0.6) is 5.75 Å². The molecule has 0 bridgehead atoms. The SMILES string of the molecule is Brc1csc(COc2c(Br)cccc2Br)c1. The molecule has 1 nitrogen and oxygen atoms in total. The minimum Gasteiger partial charge on any atom is -0.486 e. The van der Waals surface area contributed by atoms with Gasteiger partial charge in [0, 0.05) is 14.7 Å². The van der Waals surface area contributed by atoms with Crippen LogP contribution in [0, 0.1) is 0 Å².